The van der Waals surface area contributed by atoms with Crippen LogP contribution in [0.4, 0.5) is 0 Å². The quantitative estimate of drug-likeness (QED) is 0.443. The van der Waals surface area contributed by atoms with E-state index in [-0.39, 0.29) is 29.3 Å². The highest BCUT2D eigenvalue weighted by Gasteiger charge is 2.61. The maximum Gasteiger partial charge on any atom is 0.261 e. The summed E-state index contributed by atoms with van der Waals surface area (Å²) in [6.07, 6.45) is 4.83. The van der Waals surface area contributed by atoms with Gasteiger partial charge in [-0.2, -0.15) is 0 Å². The fourth-order valence-electron chi connectivity index (χ4n) is 7.23. The lowest BCUT2D eigenvalue weighted by molar-refractivity contribution is -0.139. The zero-order chi connectivity index (χ0) is 27.4. The van der Waals surface area contributed by atoms with E-state index >= 15 is 0 Å². The van der Waals surface area contributed by atoms with Crippen molar-refractivity contribution in [2.75, 3.05) is 13.1 Å². The number of H-pyrrole nitrogens is 1. The first-order valence-corrected chi connectivity index (χ1v) is 14.3. The van der Waals surface area contributed by atoms with Crippen molar-refractivity contribution in [3.63, 3.8) is 0 Å². The third-order valence-electron chi connectivity index (χ3n) is 9.42. The Kier molecular flexibility index (Phi) is 6.97. The van der Waals surface area contributed by atoms with E-state index in [1.165, 1.54) is 12.8 Å². The Morgan fingerprint density at radius 1 is 1.21 bits per heavy atom. The molecule has 2 heterocycles. The number of hydrogen-bond acceptors (Lipinski definition) is 5. The summed E-state index contributed by atoms with van der Waals surface area (Å²) in [5.74, 6) is 0.937. The zero-order valence-electron chi connectivity index (χ0n) is 23.4. The van der Waals surface area contributed by atoms with Gasteiger partial charge in [-0.05, 0) is 99.7 Å². The van der Waals surface area contributed by atoms with Gasteiger partial charge in [0.1, 0.15) is 11.3 Å². The molecule has 7 nitrogen and oxygen atoms in total. The highest BCUT2D eigenvalue weighted by molar-refractivity contribution is 5.94. The van der Waals surface area contributed by atoms with Crippen LogP contribution < -0.4 is 10.9 Å². The Morgan fingerprint density at radius 3 is 2.63 bits per heavy atom. The predicted molar refractivity (Wildman–Crippen MR) is 149 cm³/mol. The Bertz CT molecular complexity index is 1280. The maximum absolute atomic E-state index is 13.2. The molecule has 3 aliphatic rings. The lowest BCUT2D eigenvalue weighted by Crippen LogP contribution is -2.71. The summed E-state index contributed by atoms with van der Waals surface area (Å²) >= 11 is 0. The molecule has 1 saturated carbocycles. The molecule has 1 aromatic heterocycles. The van der Waals surface area contributed by atoms with E-state index in [1.54, 1.807) is 18.2 Å². The smallest absolute Gasteiger partial charge is 0.261 e. The van der Waals surface area contributed by atoms with Gasteiger partial charge in [0, 0.05) is 42.6 Å². The number of aliphatic hydroxyl groups is 1. The number of carbonyl (C=O) groups excluding carboxylic acids is 1. The Balaban J connectivity index is 1.57. The van der Waals surface area contributed by atoms with Crippen LogP contribution in [0.3, 0.4) is 0 Å². The van der Waals surface area contributed by atoms with Crippen LogP contribution in [-0.2, 0) is 18.3 Å². The Labute approximate surface area is 225 Å². The van der Waals surface area contributed by atoms with Crippen molar-refractivity contribution in [2.45, 2.75) is 96.2 Å². The summed E-state index contributed by atoms with van der Waals surface area (Å²) in [6, 6.07) is 6.93. The maximum atomic E-state index is 13.2. The van der Waals surface area contributed by atoms with Gasteiger partial charge >= 0.3 is 0 Å². The molecule has 2 fully saturated rings. The second-order valence-corrected chi connectivity index (χ2v) is 12.7. The van der Waals surface area contributed by atoms with Gasteiger partial charge < -0.3 is 20.5 Å². The van der Waals surface area contributed by atoms with Crippen LogP contribution in [0, 0.1) is 18.8 Å². The molecule has 1 aromatic carbocycles. The number of phenols is 1. The number of nitrogens with one attached hydrogen (secondary N) is 2. The van der Waals surface area contributed by atoms with E-state index in [9.17, 15) is 19.8 Å². The molecule has 38 heavy (non-hydrogen) atoms. The van der Waals surface area contributed by atoms with E-state index in [0.29, 0.717) is 24.7 Å². The molecule has 1 saturated heterocycles. The van der Waals surface area contributed by atoms with E-state index in [2.05, 4.69) is 36.0 Å². The Morgan fingerprint density at radius 2 is 1.95 bits per heavy atom. The van der Waals surface area contributed by atoms with E-state index < -0.39 is 16.6 Å². The van der Waals surface area contributed by atoms with E-state index in [1.807, 2.05) is 19.9 Å². The van der Waals surface area contributed by atoms with Gasteiger partial charge in [0.15, 0.2) is 0 Å². The summed E-state index contributed by atoms with van der Waals surface area (Å²) in [5, 5.41) is 26.2. The number of rotatable bonds is 7. The van der Waals surface area contributed by atoms with Gasteiger partial charge in [-0.3, -0.25) is 14.5 Å². The van der Waals surface area contributed by atoms with Crippen LogP contribution in [0.2, 0.25) is 0 Å². The van der Waals surface area contributed by atoms with Crippen molar-refractivity contribution in [2.24, 2.45) is 11.8 Å². The van der Waals surface area contributed by atoms with Gasteiger partial charge in [0.05, 0.1) is 5.60 Å². The average molecular weight is 522 g/mol. The van der Waals surface area contributed by atoms with Gasteiger partial charge in [-0.15, -0.1) is 0 Å². The number of phenolic OH excluding ortho intramolecular Hbond substituents is 1. The summed E-state index contributed by atoms with van der Waals surface area (Å²) in [5.41, 5.74) is 1.45. The van der Waals surface area contributed by atoms with Gasteiger partial charge in [0.25, 0.3) is 11.5 Å². The molecule has 4 unspecified atom stereocenters. The number of pyridine rings is 1. The number of amides is 1. The minimum Gasteiger partial charge on any atom is -0.508 e. The first-order chi connectivity index (χ1) is 17.9. The lowest BCUT2D eigenvalue weighted by atomic mass is 9.53. The summed E-state index contributed by atoms with van der Waals surface area (Å²) < 4.78 is 0. The minimum atomic E-state index is -1.14. The van der Waals surface area contributed by atoms with Gasteiger partial charge in [-0.1, -0.05) is 19.9 Å². The molecule has 5 rings (SSSR count). The standard InChI is InChI=1S/C31H43N3O4/c1-18(2)12-20(4)32-28(36)25-13-23-15-31(38)21(5)34(17-22-7-8-22)11-10-30(31,16-27(23)33-29(25)37)26-14-24(35)9-6-19(26)3/h6,9,13-14,18,20-22,35,38H,7-8,10-12,15-17H2,1-5H3,(H,32,36)(H,33,37). The van der Waals surface area contributed by atoms with Crippen LogP contribution in [0.25, 0.3) is 0 Å². The molecule has 1 aliphatic heterocycles. The van der Waals surface area contributed by atoms with Crippen molar-refractivity contribution in [1.82, 2.24) is 15.2 Å². The average Bonchev–Trinajstić information content (AvgIpc) is 3.65. The van der Waals surface area contributed by atoms with Crippen molar-refractivity contribution >= 4 is 5.91 Å². The Hall–Kier alpha value is -2.64. The molecule has 7 heteroatoms. The number of carbonyl (C=O) groups is 1. The molecule has 1 amide bonds. The fraction of sp³-hybridized carbons (Fsp3) is 0.613. The largest absolute Gasteiger partial charge is 0.508 e. The molecular formula is C31H43N3O4. The molecule has 2 aliphatic carbocycles. The number of nitrogens with zero attached hydrogens (tertiary/aromatic N) is 1. The van der Waals surface area contributed by atoms with Crippen LogP contribution in [0.1, 0.15) is 86.1 Å². The molecule has 4 N–H and O–H groups in total. The molecule has 0 bridgehead atoms. The third-order valence-corrected chi connectivity index (χ3v) is 9.42. The van der Waals surface area contributed by atoms with Crippen molar-refractivity contribution in [3.8, 4) is 5.75 Å². The van der Waals surface area contributed by atoms with Crippen LogP contribution in [0.5, 0.6) is 5.75 Å². The SMILES string of the molecule is Cc1ccc(O)cc1C12CCN(CC3CC3)C(C)C1(O)Cc1cc(C(=O)NC(C)CC(C)C)c(=O)[nH]c1C2. The topological polar surface area (TPSA) is 106 Å². The molecule has 2 aromatic rings. The van der Waals surface area contributed by atoms with Gasteiger partial charge in [0.2, 0.25) is 0 Å². The summed E-state index contributed by atoms with van der Waals surface area (Å²) in [4.78, 5) is 31.7. The molecule has 0 radical (unpaired) electrons. The first-order valence-electron chi connectivity index (χ1n) is 14.3. The highest BCUT2D eigenvalue weighted by Crippen LogP contribution is 2.54. The summed E-state index contributed by atoms with van der Waals surface area (Å²) in [7, 11) is 0. The summed E-state index contributed by atoms with van der Waals surface area (Å²) in [6.45, 7) is 12.1. The monoisotopic (exact) mass is 521 g/mol. The fourth-order valence-corrected chi connectivity index (χ4v) is 7.23. The van der Waals surface area contributed by atoms with Crippen LogP contribution in [-0.4, -0.2) is 56.8 Å². The number of benzene rings is 1. The molecule has 4 atom stereocenters. The third kappa shape index (κ3) is 4.68. The number of aryl methyl sites for hydroxylation is 1. The van der Waals surface area contributed by atoms with E-state index in [4.69, 9.17) is 0 Å². The number of likely N-dealkylation sites (tertiary alicyclic amines) is 1. The molecule has 0 spiro atoms. The second kappa shape index (κ2) is 9.83. The predicted octanol–water partition coefficient (Wildman–Crippen LogP) is 3.83. The van der Waals surface area contributed by atoms with Gasteiger partial charge in [-0.25, -0.2) is 0 Å². The van der Waals surface area contributed by atoms with E-state index in [0.717, 1.165) is 48.3 Å². The number of aromatic amines is 1. The highest BCUT2D eigenvalue weighted by atomic mass is 16.3. The number of piperidine rings is 1. The van der Waals surface area contributed by atoms with Crippen molar-refractivity contribution in [1.29, 1.82) is 0 Å². The molecular weight excluding hydrogens is 478 g/mol. The number of aromatic hydroxyl groups is 1. The van der Waals surface area contributed by atoms with Crippen LogP contribution in [0.15, 0.2) is 29.1 Å². The minimum absolute atomic E-state index is 0.0437. The second-order valence-electron chi connectivity index (χ2n) is 12.7. The van der Waals surface area contributed by atoms with Crippen molar-refractivity contribution in [3.05, 3.63) is 62.6 Å². The van der Waals surface area contributed by atoms with Crippen LogP contribution >= 0.6 is 0 Å². The van der Waals surface area contributed by atoms with Crippen molar-refractivity contribution < 1.29 is 15.0 Å². The zero-order valence-corrected chi connectivity index (χ0v) is 23.4. The normalized spacial score (nSPS) is 28.0. The number of aromatic nitrogens is 1. The number of hydrogen-bond donors (Lipinski definition) is 4. The lowest BCUT2D eigenvalue weighted by Gasteiger charge is -2.60. The first kappa shape index (κ1) is 26.9. The number of fused-ring (bicyclic) bond motifs is 2. The molecule has 206 valence electrons.